The number of nitrogens with zero attached hydrogens (tertiary/aromatic N) is 2. The molecule has 0 amide bonds. The van der Waals surface area contributed by atoms with Crippen LogP contribution in [0.2, 0.25) is 0 Å². The van der Waals surface area contributed by atoms with Gasteiger partial charge in [-0.2, -0.15) is 0 Å². The Morgan fingerprint density at radius 2 is 2.29 bits per heavy atom. The van der Waals surface area contributed by atoms with Gasteiger partial charge in [-0.1, -0.05) is 0 Å². The molecular weight excluding hydrogens is 272 g/mol. The number of fused-ring (bicyclic) bond motifs is 1. The van der Waals surface area contributed by atoms with E-state index in [1.54, 1.807) is 23.6 Å². The molecule has 0 aliphatic heterocycles. The molecule has 6 nitrogen and oxygen atoms in total. The van der Waals surface area contributed by atoms with E-state index in [0.29, 0.717) is 29.4 Å². The van der Waals surface area contributed by atoms with Crippen molar-refractivity contribution in [3.8, 4) is 5.75 Å². The zero-order valence-corrected chi connectivity index (χ0v) is 12.2. The number of ketones is 1. The van der Waals surface area contributed by atoms with Gasteiger partial charge in [0.25, 0.3) is 0 Å². The summed E-state index contributed by atoms with van der Waals surface area (Å²) in [7, 11) is 0. The number of pyridine rings is 1. The minimum atomic E-state index is -0.868. The van der Waals surface area contributed by atoms with Gasteiger partial charge >= 0.3 is 0 Å². The third-order valence-electron chi connectivity index (χ3n) is 3.27. The van der Waals surface area contributed by atoms with Crippen molar-refractivity contribution >= 4 is 11.4 Å². The molecule has 0 bridgehead atoms. The van der Waals surface area contributed by atoms with Crippen LogP contribution in [-0.2, 0) is 0 Å². The Kier molecular flexibility index (Phi) is 4.93. The summed E-state index contributed by atoms with van der Waals surface area (Å²) in [5.41, 5.74) is 1.74. The number of aryl methyl sites for hydroxylation is 1. The molecule has 114 valence electrons. The number of aromatic nitrogens is 2. The van der Waals surface area contributed by atoms with Crippen LogP contribution in [0.5, 0.6) is 5.75 Å². The monoisotopic (exact) mass is 292 g/mol. The van der Waals surface area contributed by atoms with E-state index < -0.39 is 6.10 Å². The largest absolute Gasteiger partial charge is 0.490 e. The lowest BCUT2D eigenvalue weighted by atomic mass is 10.1. The van der Waals surface area contributed by atoms with E-state index in [2.05, 4.69) is 4.98 Å². The predicted octanol–water partition coefficient (Wildman–Crippen LogP) is 1.36. The lowest BCUT2D eigenvalue weighted by Crippen LogP contribution is -2.15. The van der Waals surface area contributed by atoms with Gasteiger partial charge in [-0.05, 0) is 32.4 Å². The Hall–Kier alpha value is -1.92. The number of carbonyl (C=O) groups is 1. The first-order chi connectivity index (χ1) is 10.1. The topological polar surface area (TPSA) is 84.1 Å². The van der Waals surface area contributed by atoms with E-state index >= 15 is 0 Å². The molecule has 2 aromatic heterocycles. The van der Waals surface area contributed by atoms with E-state index in [4.69, 9.17) is 9.84 Å². The number of aliphatic hydroxyl groups excluding tert-OH is 2. The molecule has 0 unspecified atom stereocenters. The van der Waals surface area contributed by atoms with Gasteiger partial charge < -0.3 is 14.9 Å². The van der Waals surface area contributed by atoms with Crippen LogP contribution in [0.25, 0.3) is 5.65 Å². The Balaban J connectivity index is 2.33. The number of ether oxygens (including phenoxy) is 1. The molecule has 0 radical (unpaired) electrons. The molecule has 2 heterocycles. The average Bonchev–Trinajstić information content (AvgIpc) is 2.82. The first-order valence-electron chi connectivity index (χ1n) is 7.01. The molecule has 0 saturated heterocycles. The zero-order valence-electron chi connectivity index (χ0n) is 12.2. The number of imidazole rings is 1. The maximum atomic E-state index is 12.3. The van der Waals surface area contributed by atoms with Gasteiger partial charge in [0.2, 0.25) is 0 Å². The smallest absolute Gasteiger partial charge is 0.181 e. The third kappa shape index (κ3) is 3.22. The van der Waals surface area contributed by atoms with Gasteiger partial charge in [-0.3, -0.25) is 9.20 Å². The van der Waals surface area contributed by atoms with Crippen LogP contribution in [0.4, 0.5) is 0 Å². The van der Waals surface area contributed by atoms with E-state index in [9.17, 15) is 9.90 Å². The fourth-order valence-electron chi connectivity index (χ4n) is 2.27. The minimum absolute atomic E-state index is 0.110. The summed E-state index contributed by atoms with van der Waals surface area (Å²) in [5.74, 6) is 0.527. The normalized spacial score (nSPS) is 12.6. The second-order valence-corrected chi connectivity index (χ2v) is 4.84. The van der Waals surface area contributed by atoms with Gasteiger partial charge in [-0.15, -0.1) is 0 Å². The minimum Gasteiger partial charge on any atom is -0.490 e. The Morgan fingerprint density at radius 3 is 2.95 bits per heavy atom. The van der Waals surface area contributed by atoms with Crippen molar-refractivity contribution in [3.05, 3.63) is 29.7 Å². The number of hydrogen-bond donors (Lipinski definition) is 2. The maximum Gasteiger partial charge on any atom is 0.181 e. The van der Waals surface area contributed by atoms with Crippen molar-refractivity contribution in [1.82, 2.24) is 9.38 Å². The number of Topliss-reactive ketones (excluding diaryl/α,β-unsaturated/α-hetero) is 1. The second kappa shape index (κ2) is 6.69. The highest BCUT2D eigenvalue weighted by molar-refractivity contribution is 5.96. The highest BCUT2D eigenvalue weighted by Crippen LogP contribution is 2.23. The Bertz CT molecular complexity index is 636. The summed E-state index contributed by atoms with van der Waals surface area (Å²) in [6.07, 6.45) is 1.29. The first kappa shape index (κ1) is 15.5. The quantitative estimate of drug-likeness (QED) is 0.753. The SMILES string of the molecule is CCOc1cccn2c(C(=O)CC[C@H](O)CO)c(C)nc12. The standard InChI is InChI=1S/C15H20N2O4/c1-3-21-13-5-4-8-17-14(10(2)16-15(13)17)12(20)7-6-11(19)9-18/h4-5,8,11,18-19H,3,6-7,9H2,1-2H3/t11-/m0/s1. The summed E-state index contributed by atoms with van der Waals surface area (Å²) >= 11 is 0. The van der Waals surface area contributed by atoms with E-state index in [0.717, 1.165) is 0 Å². The Morgan fingerprint density at radius 1 is 1.52 bits per heavy atom. The highest BCUT2D eigenvalue weighted by Gasteiger charge is 2.19. The van der Waals surface area contributed by atoms with Crippen LogP contribution >= 0.6 is 0 Å². The van der Waals surface area contributed by atoms with Gasteiger partial charge in [-0.25, -0.2) is 4.98 Å². The summed E-state index contributed by atoms with van der Waals surface area (Å²) in [6, 6.07) is 3.62. The third-order valence-corrected chi connectivity index (χ3v) is 3.27. The molecule has 1 atom stereocenters. The fraction of sp³-hybridized carbons (Fsp3) is 0.467. The highest BCUT2D eigenvalue weighted by atomic mass is 16.5. The maximum absolute atomic E-state index is 12.3. The molecular formula is C15H20N2O4. The van der Waals surface area contributed by atoms with Crippen molar-refractivity contribution in [2.24, 2.45) is 0 Å². The van der Waals surface area contributed by atoms with Crippen molar-refractivity contribution in [1.29, 1.82) is 0 Å². The van der Waals surface area contributed by atoms with E-state index in [-0.39, 0.29) is 25.2 Å². The van der Waals surface area contributed by atoms with E-state index in [1.807, 2.05) is 13.0 Å². The molecule has 2 rings (SSSR count). The average molecular weight is 292 g/mol. The summed E-state index contributed by atoms with van der Waals surface area (Å²) in [5, 5.41) is 18.2. The van der Waals surface area contributed by atoms with Crippen molar-refractivity contribution < 1.29 is 19.7 Å². The summed E-state index contributed by atoms with van der Waals surface area (Å²) in [6.45, 7) is 3.85. The molecule has 21 heavy (non-hydrogen) atoms. The van der Waals surface area contributed by atoms with Crippen LogP contribution in [-0.4, -0.2) is 44.7 Å². The lowest BCUT2D eigenvalue weighted by molar-refractivity contribution is 0.0776. The Labute approximate surface area is 123 Å². The van der Waals surface area contributed by atoms with E-state index in [1.165, 1.54) is 0 Å². The zero-order chi connectivity index (χ0) is 15.4. The summed E-state index contributed by atoms with van der Waals surface area (Å²) in [4.78, 5) is 16.7. The van der Waals surface area contributed by atoms with Crippen LogP contribution in [0.3, 0.4) is 0 Å². The molecule has 0 saturated carbocycles. The van der Waals surface area contributed by atoms with Crippen LogP contribution < -0.4 is 4.74 Å². The molecule has 0 aliphatic rings. The number of carbonyl (C=O) groups excluding carboxylic acids is 1. The van der Waals surface area contributed by atoms with Gasteiger partial charge in [0, 0.05) is 12.6 Å². The fourth-order valence-corrected chi connectivity index (χ4v) is 2.27. The second-order valence-electron chi connectivity index (χ2n) is 4.84. The van der Waals surface area contributed by atoms with Crippen LogP contribution in [0.1, 0.15) is 35.9 Å². The molecule has 0 aliphatic carbocycles. The van der Waals surface area contributed by atoms with Crippen molar-refractivity contribution in [3.63, 3.8) is 0 Å². The lowest BCUT2D eigenvalue weighted by Gasteiger charge is -2.07. The van der Waals surface area contributed by atoms with Gasteiger partial charge in [0.05, 0.1) is 25.0 Å². The molecule has 2 N–H and O–H groups in total. The van der Waals surface area contributed by atoms with Crippen molar-refractivity contribution in [2.45, 2.75) is 32.8 Å². The summed E-state index contributed by atoms with van der Waals surface area (Å²) < 4.78 is 7.23. The molecule has 0 aromatic carbocycles. The predicted molar refractivity (Wildman–Crippen MR) is 77.8 cm³/mol. The van der Waals surface area contributed by atoms with Gasteiger partial charge in [0.15, 0.2) is 17.2 Å². The number of rotatable bonds is 7. The first-order valence-corrected chi connectivity index (χ1v) is 7.01. The number of aliphatic hydroxyl groups is 2. The van der Waals surface area contributed by atoms with Crippen molar-refractivity contribution in [2.75, 3.05) is 13.2 Å². The van der Waals surface area contributed by atoms with Gasteiger partial charge in [0.1, 0.15) is 5.69 Å². The number of hydrogen-bond acceptors (Lipinski definition) is 5. The molecule has 2 aromatic rings. The molecule has 0 fully saturated rings. The van der Waals surface area contributed by atoms with Crippen LogP contribution in [0.15, 0.2) is 18.3 Å². The molecule has 6 heteroatoms. The van der Waals surface area contributed by atoms with Crippen LogP contribution in [0, 0.1) is 6.92 Å². The molecule has 0 spiro atoms.